The summed E-state index contributed by atoms with van der Waals surface area (Å²) in [4.78, 5) is 11.2. The Bertz CT molecular complexity index is 851. The molecular weight excluding hydrogens is 348 g/mol. The first-order valence-electron chi connectivity index (χ1n) is 7.12. The van der Waals surface area contributed by atoms with Gasteiger partial charge in [0.15, 0.2) is 0 Å². The van der Waals surface area contributed by atoms with Gasteiger partial charge in [0.05, 0.1) is 27.8 Å². The maximum atomic E-state index is 12.9. The van der Waals surface area contributed by atoms with Crippen LogP contribution in [0.2, 0.25) is 5.02 Å². The number of rotatable bonds is 6. The Hall–Kier alpha value is -2.31. The Morgan fingerprint density at radius 1 is 1.25 bits per heavy atom. The van der Waals surface area contributed by atoms with Crippen molar-refractivity contribution in [2.24, 2.45) is 0 Å². The van der Waals surface area contributed by atoms with Crippen LogP contribution in [-0.4, -0.2) is 20.9 Å². The number of amides is 1. The van der Waals surface area contributed by atoms with E-state index in [0.29, 0.717) is 11.4 Å². The van der Waals surface area contributed by atoms with Gasteiger partial charge in [-0.3, -0.25) is 9.10 Å². The average molecular weight is 365 g/mol. The van der Waals surface area contributed by atoms with Gasteiger partial charge in [-0.25, -0.2) is 8.42 Å². The molecule has 0 aromatic heterocycles. The Morgan fingerprint density at radius 3 is 2.46 bits per heavy atom. The van der Waals surface area contributed by atoms with Gasteiger partial charge in [-0.05, 0) is 30.3 Å². The molecule has 7 heteroatoms. The molecular formula is C17H17ClN2O3S. The second kappa shape index (κ2) is 7.51. The van der Waals surface area contributed by atoms with Crippen molar-refractivity contribution in [3.05, 3.63) is 66.2 Å². The summed E-state index contributed by atoms with van der Waals surface area (Å²) in [6.45, 7) is 5.09. The van der Waals surface area contributed by atoms with E-state index in [4.69, 9.17) is 11.6 Å². The van der Waals surface area contributed by atoms with E-state index in [9.17, 15) is 13.2 Å². The summed E-state index contributed by atoms with van der Waals surface area (Å²) in [5, 5.41) is 2.69. The first-order chi connectivity index (χ1) is 11.4. The monoisotopic (exact) mass is 364 g/mol. The van der Waals surface area contributed by atoms with Crippen molar-refractivity contribution in [2.75, 3.05) is 16.2 Å². The minimum atomic E-state index is -3.82. The first kappa shape index (κ1) is 18.0. The third-order valence-electron chi connectivity index (χ3n) is 3.18. The molecule has 5 nitrogen and oxygen atoms in total. The molecule has 0 heterocycles. The Balaban J connectivity index is 2.46. The molecule has 0 unspecified atom stereocenters. The molecule has 0 aliphatic rings. The molecule has 0 bridgehead atoms. The molecule has 0 atom stereocenters. The van der Waals surface area contributed by atoms with Crippen LogP contribution in [-0.2, 0) is 14.8 Å². The molecule has 0 saturated heterocycles. The molecule has 2 rings (SSSR count). The average Bonchev–Trinajstić information content (AvgIpc) is 2.54. The summed E-state index contributed by atoms with van der Waals surface area (Å²) in [7, 11) is -3.82. The number of halogens is 1. The van der Waals surface area contributed by atoms with Gasteiger partial charge in [-0.2, -0.15) is 0 Å². The zero-order valence-corrected chi connectivity index (χ0v) is 14.6. The van der Waals surface area contributed by atoms with Gasteiger partial charge < -0.3 is 5.32 Å². The quantitative estimate of drug-likeness (QED) is 0.795. The highest BCUT2D eigenvalue weighted by Gasteiger charge is 2.24. The standard InChI is InChI=1S/C17H17ClN2O3S/c1-3-11-20(14-7-5-4-6-8-14)24(22,23)15-9-10-17(16(18)12-15)19-13(2)21/h3-10,12H,1,11H2,2H3,(H,19,21). The molecule has 0 radical (unpaired) electrons. The Kier molecular flexibility index (Phi) is 5.64. The van der Waals surface area contributed by atoms with Crippen LogP contribution in [0.15, 0.2) is 66.1 Å². The summed E-state index contributed by atoms with van der Waals surface area (Å²) in [6.07, 6.45) is 1.51. The fourth-order valence-corrected chi connectivity index (χ4v) is 3.88. The number of carbonyl (C=O) groups excluding carboxylic acids is 1. The number of benzene rings is 2. The summed E-state index contributed by atoms with van der Waals surface area (Å²) < 4.78 is 27.1. The van der Waals surface area contributed by atoms with E-state index in [1.54, 1.807) is 30.3 Å². The molecule has 0 fully saturated rings. The molecule has 0 aliphatic carbocycles. The SMILES string of the molecule is C=CCN(c1ccccc1)S(=O)(=O)c1ccc(NC(C)=O)c(Cl)c1. The van der Waals surface area contributed by atoms with Crippen LogP contribution in [0.4, 0.5) is 11.4 Å². The molecule has 0 spiro atoms. The number of hydrogen-bond acceptors (Lipinski definition) is 3. The summed E-state index contributed by atoms with van der Waals surface area (Å²) >= 11 is 6.09. The molecule has 0 aliphatic heterocycles. The van der Waals surface area contributed by atoms with Crippen LogP contribution >= 0.6 is 11.6 Å². The summed E-state index contributed by atoms with van der Waals surface area (Å²) in [5.41, 5.74) is 0.887. The van der Waals surface area contributed by atoms with Crippen molar-refractivity contribution in [2.45, 2.75) is 11.8 Å². The lowest BCUT2D eigenvalue weighted by Gasteiger charge is -2.23. The smallest absolute Gasteiger partial charge is 0.264 e. The first-order valence-corrected chi connectivity index (χ1v) is 8.94. The van der Waals surface area contributed by atoms with Gasteiger partial charge in [-0.1, -0.05) is 35.9 Å². The summed E-state index contributed by atoms with van der Waals surface area (Å²) in [5.74, 6) is -0.287. The van der Waals surface area contributed by atoms with Gasteiger partial charge in [0.2, 0.25) is 5.91 Å². The lowest BCUT2D eigenvalue weighted by atomic mass is 10.3. The predicted molar refractivity (Wildman–Crippen MR) is 96.9 cm³/mol. The largest absolute Gasteiger partial charge is 0.325 e. The fraction of sp³-hybridized carbons (Fsp3) is 0.118. The Labute approximate surface area is 146 Å². The van der Waals surface area contributed by atoms with Gasteiger partial charge in [-0.15, -0.1) is 6.58 Å². The van der Waals surface area contributed by atoms with Crippen LogP contribution in [0.3, 0.4) is 0 Å². The molecule has 2 aromatic carbocycles. The van der Waals surface area contributed by atoms with Crippen LogP contribution in [0, 0.1) is 0 Å². The second-order valence-corrected chi connectivity index (χ2v) is 7.25. The highest BCUT2D eigenvalue weighted by molar-refractivity contribution is 7.92. The number of hydrogen-bond donors (Lipinski definition) is 1. The number of anilines is 2. The van der Waals surface area contributed by atoms with Crippen molar-refractivity contribution in [3.63, 3.8) is 0 Å². The van der Waals surface area contributed by atoms with Gasteiger partial charge in [0, 0.05) is 6.92 Å². The topological polar surface area (TPSA) is 66.5 Å². The van der Waals surface area contributed by atoms with E-state index in [0.717, 1.165) is 0 Å². The maximum absolute atomic E-state index is 12.9. The molecule has 126 valence electrons. The molecule has 1 amide bonds. The van der Waals surface area contributed by atoms with Crippen molar-refractivity contribution in [3.8, 4) is 0 Å². The van der Waals surface area contributed by atoms with Crippen molar-refractivity contribution in [1.82, 2.24) is 0 Å². The van der Waals surface area contributed by atoms with Crippen molar-refractivity contribution in [1.29, 1.82) is 0 Å². The number of para-hydroxylation sites is 1. The third kappa shape index (κ3) is 3.96. The number of nitrogens with zero attached hydrogens (tertiary/aromatic N) is 1. The van der Waals surface area contributed by atoms with E-state index in [-0.39, 0.29) is 22.4 Å². The normalized spacial score (nSPS) is 10.9. The van der Waals surface area contributed by atoms with E-state index < -0.39 is 10.0 Å². The highest BCUT2D eigenvalue weighted by Crippen LogP contribution is 2.29. The highest BCUT2D eigenvalue weighted by atomic mass is 35.5. The van der Waals surface area contributed by atoms with E-state index in [1.807, 2.05) is 0 Å². The molecule has 24 heavy (non-hydrogen) atoms. The number of carbonyl (C=O) groups is 1. The molecule has 1 N–H and O–H groups in total. The van der Waals surface area contributed by atoms with Crippen LogP contribution in [0.1, 0.15) is 6.92 Å². The van der Waals surface area contributed by atoms with Gasteiger partial charge in [0.1, 0.15) is 0 Å². The predicted octanol–water partition coefficient (Wildman–Crippen LogP) is 3.68. The lowest BCUT2D eigenvalue weighted by molar-refractivity contribution is -0.114. The number of sulfonamides is 1. The van der Waals surface area contributed by atoms with Gasteiger partial charge in [0.25, 0.3) is 10.0 Å². The van der Waals surface area contributed by atoms with Gasteiger partial charge >= 0.3 is 0 Å². The third-order valence-corrected chi connectivity index (χ3v) is 5.28. The number of nitrogens with one attached hydrogen (secondary N) is 1. The van der Waals surface area contributed by atoms with E-state index >= 15 is 0 Å². The fourth-order valence-electron chi connectivity index (χ4n) is 2.13. The minimum absolute atomic E-state index is 0.0345. The van der Waals surface area contributed by atoms with Crippen LogP contribution in [0.5, 0.6) is 0 Å². The maximum Gasteiger partial charge on any atom is 0.264 e. The minimum Gasteiger partial charge on any atom is -0.325 e. The van der Waals surface area contributed by atoms with E-state index in [2.05, 4.69) is 11.9 Å². The van der Waals surface area contributed by atoms with E-state index in [1.165, 1.54) is 35.5 Å². The van der Waals surface area contributed by atoms with Crippen LogP contribution < -0.4 is 9.62 Å². The Morgan fingerprint density at radius 2 is 1.92 bits per heavy atom. The molecule has 2 aromatic rings. The zero-order chi connectivity index (χ0) is 17.7. The van der Waals surface area contributed by atoms with Crippen LogP contribution in [0.25, 0.3) is 0 Å². The zero-order valence-electron chi connectivity index (χ0n) is 13.1. The summed E-state index contributed by atoms with van der Waals surface area (Å²) in [6, 6.07) is 12.9. The lowest BCUT2D eigenvalue weighted by Crippen LogP contribution is -2.31. The molecule has 0 saturated carbocycles. The van der Waals surface area contributed by atoms with Crippen molar-refractivity contribution >= 4 is 38.9 Å². The second-order valence-electron chi connectivity index (χ2n) is 4.98. The van der Waals surface area contributed by atoms with Crippen molar-refractivity contribution < 1.29 is 13.2 Å².